The monoisotopic (exact) mass is 519 g/mol. The van der Waals surface area contributed by atoms with Crippen LogP contribution in [0.15, 0.2) is 24.3 Å². The summed E-state index contributed by atoms with van der Waals surface area (Å²) >= 11 is 0. The van der Waals surface area contributed by atoms with Gasteiger partial charge in [0.15, 0.2) is 0 Å². The summed E-state index contributed by atoms with van der Waals surface area (Å²) in [7, 11) is 3.08. The zero-order valence-electron chi connectivity index (χ0n) is 23.3. The molecular weight excluding hydrogens is 465 g/mol. The highest BCUT2D eigenvalue weighted by molar-refractivity contribution is 7.45. The number of phosphoric ester groups is 1. The van der Waals surface area contributed by atoms with Gasteiger partial charge in [-0.1, -0.05) is 50.5 Å². The number of rotatable bonds is 25. The number of unbranched alkanes of at least 4 members (excludes halogenated alkanes) is 9. The third kappa shape index (κ3) is 26.3. The fourth-order valence-electron chi connectivity index (χ4n) is 3.19. The Morgan fingerprint density at radius 1 is 0.771 bits per heavy atom. The Bertz CT molecular complexity index is 577. The summed E-state index contributed by atoms with van der Waals surface area (Å²) in [5, 5.41) is 0. The molecule has 0 aliphatic carbocycles. The summed E-state index contributed by atoms with van der Waals surface area (Å²) < 4.78 is 33.2. The first-order valence-corrected chi connectivity index (χ1v) is 15.0. The molecule has 0 bridgehead atoms. The van der Waals surface area contributed by atoms with E-state index in [0.717, 1.165) is 25.7 Å². The third-order valence-corrected chi connectivity index (χ3v) is 6.49. The van der Waals surface area contributed by atoms with Crippen molar-refractivity contribution in [3.63, 3.8) is 0 Å². The van der Waals surface area contributed by atoms with Gasteiger partial charge in [0.1, 0.15) is 19.3 Å². The summed E-state index contributed by atoms with van der Waals surface area (Å²) in [5.41, 5.74) is 0. The van der Waals surface area contributed by atoms with Gasteiger partial charge in [-0.05, 0) is 57.8 Å². The molecule has 0 saturated carbocycles. The first-order chi connectivity index (χ1) is 16.7. The standard InChI is InChI=1S/C27H54NO6P/c1-6-7-8-9-10-11-12-13-14-15-16-17-18-19-20-21-23-32-25-27(31-5)26-34-35(29,30)33-24-22-28(2,3)4/h10-11,16-17,27H,6-9,12-15,18-26H2,1-5H3/b11-10-,17-16-/t27-/m1/s1. The minimum atomic E-state index is -4.33. The average molecular weight is 520 g/mol. The Morgan fingerprint density at radius 3 is 1.83 bits per heavy atom. The number of likely N-dealkylation sites (N-methyl/N-ethyl adjacent to an activating group) is 1. The molecule has 0 fully saturated rings. The van der Waals surface area contributed by atoms with E-state index >= 15 is 0 Å². The number of methoxy groups -OCH3 is 1. The first kappa shape index (κ1) is 34.5. The number of nitrogens with zero attached hydrogens (tertiary/aromatic N) is 1. The lowest BCUT2D eigenvalue weighted by atomic mass is 10.1. The maximum atomic E-state index is 11.9. The van der Waals surface area contributed by atoms with Crippen LogP contribution in [0.25, 0.3) is 0 Å². The van der Waals surface area contributed by atoms with Crippen LogP contribution in [0.3, 0.4) is 0 Å². The molecule has 0 N–H and O–H groups in total. The molecular formula is C27H54NO6P. The molecule has 2 atom stereocenters. The van der Waals surface area contributed by atoms with Crippen molar-refractivity contribution in [2.45, 2.75) is 90.1 Å². The molecule has 35 heavy (non-hydrogen) atoms. The average Bonchev–Trinajstić information content (AvgIpc) is 2.79. The maximum absolute atomic E-state index is 11.9. The largest absolute Gasteiger partial charge is 0.756 e. The maximum Gasteiger partial charge on any atom is 0.268 e. The minimum Gasteiger partial charge on any atom is -0.756 e. The molecule has 208 valence electrons. The van der Waals surface area contributed by atoms with Gasteiger partial charge in [-0.25, -0.2) is 0 Å². The van der Waals surface area contributed by atoms with Crippen LogP contribution in [-0.2, 0) is 23.1 Å². The second-order valence-electron chi connectivity index (χ2n) is 10.1. The second kappa shape index (κ2) is 22.7. The van der Waals surface area contributed by atoms with Crippen LogP contribution in [-0.4, -0.2) is 71.8 Å². The van der Waals surface area contributed by atoms with Crippen molar-refractivity contribution in [2.24, 2.45) is 0 Å². The van der Waals surface area contributed by atoms with Gasteiger partial charge < -0.3 is 27.9 Å². The van der Waals surface area contributed by atoms with E-state index < -0.39 is 13.9 Å². The first-order valence-electron chi connectivity index (χ1n) is 13.5. The Kier molecular flexibility index (Phi) is 22.3. The molecule has 0 saturated heterocycles. The molecule has 0 aliphatic heterocycles. The van der Waals surface area contributed by atoms with E-state index in [1.165, 1.54) is 58.5 Å². The lowest BCUT2D eigenvalue weighted by Crippen LogP contribution is -2.37. The van der Waals surface area contributed by atoms with Gasteiger partial charge in [0, 0.05) is 13.7 Å². The number of quaternary nitrogens is 1. The summed E-state index contributed by atoms with van der Waals surface area (Å²) in [6, 6.07) is 0. The molecule has 0 aromatic rings. The highest BCUT2D eigenvalue weighted by Gasteiger charge is 2.16. The Labute approximate surface area is 216 Å². The van der Waals surface area contributed by atoms with Crippen molar-refractivity contribution >= 4 is 7.82 Å². The van der Waals surface area contributed by atoms with Gasteiger partial charge in [0.25, 0.3) is 7.82 Å². The lowest BCUT2D eigenvalue weighted by molar-refractivity contribution is -0.870. The second-order valence-corrected chi connectivity index (χ2v) is 11.5. The molecule has 1 unspecified atom stereocenters. The summed E-state index contributed by atoms with van der Waals surface area (Å²) in [5.74, 6) is 0. The number of allylic oxidation sites excluding steroid dienone is 4. The predicted molar refractivity (Wildman–Crippen MR) is 143 cm³/mol. The number of ether oxygens (including phenoxy) is 2. The lowest BCUT2D eigenvalue weighted by Gasteiger charge is -2.28. The fourth-order valence-corrected chi connectivity index (χ4v) is 3.92. The molecule has 8 heteroatoms. The van der Waals surface area contributed by atoms with Crippen molar-refractivity contribution in [3.8, 4) is 0 Å². The molecule has 0 aromatic carbocycles. The molecule has 0 rings (SSSR count). The highest BCUT2D eigenvalue weighted by atomic mass is 31.2. The number of hydrogen-bond donors (Lipinski definition) is 0. The molecule has 0 spiro atoms. The van der Waals surface area contributed by atoms with Crippen LogP contribution in [0.4, 0.5) is 0 Å². The molecule has 0 aliphatic rings. The minimum absolute atomic E-state index is 0.0878. The normalized spacial score (nSPS) is 15.3. The van der Waals surface area contributed by atoms with Gasteiger partial charge in [0.2, 0.25) is 0 Å². The SMILES string of the molecule is CCCCC/C=C\CCCC/C=C\CCCCCOC[C@H](COP(=O)([O-])OCC[N+](C)(C)C)OC. The van der Waals surface area contributed by atoms with E-state index in [0.29, 0.717) is 24.2 Å². The summed E-state index contributed by atoms with van der Waals surface area (Å²) in [6.07, 6.45) is 23.3. The van der Waals surface area contributed by atoms with Crippen molar-refractivity contribution in [1.29, 1.82) is 0 Å². The zero-order chi connectivity index (χ0) is 26.3. The van der Waals surface area contributed by atoms with Gasteiger partial charge in [0.05, 0.1) is 34.4 Å². The van der Waals surface area contributed by atoms with E-state index in [2.05, 4.69) is 31.2 Å². The fraction of sp³-hybridized carbons (Fsp3) is 0.852. The zero-order valence-corrected chi connectivity index (χ0v) is 24.1. The van der Waals surface area contributed by atoms with Gasteiger partial charge in [-0.2, -0.15) is 0 Å². The molecule has 7 nitrogen and oxygen atoms in total. The number of phosphoric acid groups is 1. The van der Waals surface area contributed by atoms with Gasteiger partial charge in [-0.15, -0.1) is 0 Å². The van der Waals surface area contributed by atoms with Gasteiger partial charge in [-0.3, -0.25) is 4.57 Å². The third-order valence-electron chi connectivity index (χ3n) is 5.53. The Balaban J connectivity index is 3.61. The van der Waals surface area contributed by atoms with Crippen molar-refractivity contribution in [2.75, 3.05) is 61.2 Å². The number of hydrogen-bond acceptors (Lipinski definition) is 6. The molecule has 0 aromatic heterocycles. The van der Waals surface area contributed by atoms with Crippen LogP contribution in [0.1, 0.15) is 84.0 Å². The van der Waals surface area contributed by atoms with Crippen molar-refractivity contribution < 1.29 is 32.5 Å². The smallest absolute Gasteiger partial charge is 0.268 e. The van der Waals surface area contributed by atoms with Gasteiger partial charge >= 0.3 is 0 Å². The van der Waals surface area contributed by atoms with E-state index in [4.69, 9.17) is 18.5 Å². The van der Waals surface area contributed by atoms with E-state index in [1.54, 1.807) is 0 Å². The van der Waals surface area contributed by atoms with E-state index in [-0.39, 0.29) is 13.2 Å². The van der Waals surface area contributed by atoms with Crippen LogP contribution < -0.4 is 4.89 Å². The van der Waals surface area contributed by atoms with E-state index in [1.807, 2.05) is 21.1 Å². The topological polar surface area (TPSA) is 77.1 Å². The Hall–Kier alpha value is -0.530. The van der Waals surface area contributed by atoms with Crippen LogP contribution in [0.2, 0.25) is 0 Å². The van der Waals surface area contributed by atoms with E-state index in [9.17, 15) is 9.46 Å². The van der Waals surface area contributed by atoms with Crippen molar-refractivity contribution in [3.05, 3.63) is 24.3 Å². The summed E-state index contributed by atoms with van der Waals surface area (Å²) in [4.78, 5) is 11.9. The quantitative estimate of drug-likeness (QED) is 0.0633. The Morgan fingerprint density at radius 2 is 1.31 bits per heavy atom. The molecule has 0 radical (unpaired) electrons. The van der Waals surface area contributed by atoms with Crippen molar-refractivity contribution in [1.82, 2.24) is 0 Å². The molecule has 0 amide bonds. The predicted octanol–water partition coefficient (Wildman–Crippen LogP) is 6.04. The summed E-state index contributed by atoms with van der Waals surface area (Å²) in [6.45, 7) is 3.72. The van der Waals surface area contributed by atoms with Crippen LogP contribution in [0, 0.1) is 0 Å². The van der Waals surface area contributed by atoms with Crippen LogP contribution >= 0.6 is 7.82 Å². The van der Waals surface area contributed by atoms with Crippen LogP contribution in [0.5, 0.6) is 0 Å². The highest BCUT2D eigenvalue weighted by Crippen LogP contribution is 2.38. The molecule has 0 heterocycles.